The molecule has 2 unspecified atom stereocenters. The summed E-state index contributed by atoms with van der Waals surface area (Å²) in [7, 11) is -10.9. The third-order valence-corrected chi connectivity index (χ3v) is 13.0. The molecule has 0 amide bonds. The van der Waals surface area contributed by atoms with Crippen LogP contribution in [0, 0.1) is 5.92 Å². The summed E-state index contributed by atoms with van der Waals surface area (Å²) < 4.78 is 56.5. The van der Waals surface area contributed by atoms with Crippen LogP contribution in [0.2, 0.25) is 0 Å². The van der Waals surface area contributed by atoms with E-state index in [1.165, 1.54) is 31.7 Å². The third kappa shape index (κ3) is 26.7. The molecule has 1 aliphatic rings. The van der Waals surface area contributed by atoms with Gasteiger partial charge in [0.25, 0.3) is 0 Å². The van der Waals surface area contributed by atoms with Crippen molar-refractivity contribution in [2.24, 2.45) is 5.92 Å². The lowest BCUT2D eigenvalue weighted by atomic mass is 10.0. The highest BCUT2D eigenvalue weighted by atomic mass is 31.3. The molecule has 1 saturated heterocycles. The number of ketones is 1. The number of aliphatic hydroxyl groups is 2. The van der Waals surface area contributed by atoms with E-state index in [0.29, 0.717) is 25.2 Å². The Bertz CT molecular complexity index is 1760. The fourth-order valence-corrected chi connectivity index (χ4v) is 8.88. The van der Waals surface area contributed by atoms with Gasteiger partial charge in [0.1, 0.15) is 30.7 Å². The first-order valence-corrected chi connectivity index (χ1v) is 26.2. The summed E-state index contributed by atoms with van der Waals surface area (Å²) in [6.07, 6.45) is 18.6. The highest BCUT2D eigenvalue weighted by Crippen LogP contribution is 2.60. The first-order chi connectivity index (χ1) is 30.9. The van der Waals surface area contributed by atoms with Crippen LogP contribution in [0.25, 0.3) is 0 Å². The summed E-state index contributed by atoms with van der Waals surface area (Å²) in [6.45, 7) is 4.18. The Morgan fingerprint density at radius 1 is 0.815 bits per heavy atom. The molecule has 7 atom stereocenters. The molecule has 1 aromatic heterocycles. The number of nitrogen functional groups attached to an aromatic ring is 1. The second kappa shape index (κ2) is 32.6. The number of hydrogen-bond donors (Lipinski definition) is 5. The van der Waals surface area contributed by atoms with Crippen molar-refractivity contribution in [2.75, 3.05) is 25.6 Å². The standard InChI is InChI=1S/C44H75N3O16P2/c1-4-5-19-25-35(48)26-21-16-12-7-6-8-13-17-22-27-39(49)58-31-36(61-40(50)28-23-18-14-10-9-11-15-20-24-34(2)3)32-59-64(54,55)63-65(56,57)60-33-37-41(51)42(52)43(62-37)47-30-29-38(45)46-44(47)53/h12,16,21,26,29-30,34,36-37,41-43,51-52H,4-11,13-15,17-20,22-25,27-28,31-33H2,1-3H3,(H,54,55)(H,56,57)(H2,45,46,53)/b16-12-,26-21+/t36-,37-,41-,42-,43-/m1/s1. The molecule has 0 radical (unpaired) electrons. The number of carbonyl (C=O) groups excluding carboxylic acids is 3. The molecule has 0 aliphatic carbocycles. The van der Waals surface area contributed by atoms with E-state index in [1.54, 1.807) is 12.2 Å². The summed E-state index contributed by atoms with van der Waals surface area (Å²) in [5.41, 5.74) is 4.57. The van der Waals surface area contributed by atoms with Crippen LogP contribution in [-0.4, -0.2) is 91.5 Å². The number of aromatic nitrogens is 2. The number of nitrogens with zero attached hydrogens (tertiary/aromatic N) is 2. The van der Waals surface area contributed by atoms with Crippen molar-refractivity contribution < 1.29 is 71.1 Å². The van der Waals surface area contributed by atoms with Crippen LogP contribution in [-0.2, 0) is 51.1 Å². The number of nitrogens with two attached hydrogens (primary N) is 1. The minimum atomic E-state index is -5.43. The van der Waals surface area contributed by atoms with Crippen LogP contribution in [0.5, 0.6) is 0 Å². The van der Waals surface area contributed by atoms with Gasteiger partial charge in [-0.1, -0.05) is 122 Å². The molecule has 2 heterocycles. The van der Waals surface area contributed by atoms with Gasteiger partial charge in [0.2, 0.25) is 0 Å². The van der Waals surface area contributed by atoms with E-state index in [9.17, 15) is 48.3 Å². The predicted octanol–water partition coefficient (Wildman–Crippen LogP) is 7.70. The van der Waals surface area contributed by atoms with Gasteiger partial charge in [-0.05, 0) is 50.2 Å². The number of carbonyl (C=O) groups is 3. The molecule has 1 aromatic rings. The highest BCUT2D eigenvalue weighted by molar-refractivity contribution is 7.61. The number of ether oxygens (including phenoxy) is 3. The molecule has 19 nitrogen and oxygen atoms in total. The Morgan fingerprint density at radius 3 is 2.06 bits per heavy atom. The lowest BCUT2D eigenvalue weighted by Gasteiger charge is -2.21. The summed E-state index contributed by atoms with van der Waals surface area (Å²) in [5, 5.41) is 20.9. The van der Waals surface area contributed by atoms with Crippen molar-refractivity contribution >= 4 is 39.2 Å². The van der Waals surface area contributed by atoms with Crippen molar-refractivity contribution in [1.82, 2.24) is 9.55 Å². The number of hydrogen-bond acceptors (Lipinski definition) is 16. The van der Waals surface area contributed by atoms with Gasteiger partial charge in [0.15, 0.2) is 18.1 Å². The molecular weight excluding hydrogens is 888 g/mol. The van der Waals surface area contributed by atoms with Gasteiger partial charge in [-0.25, -0.2) is 13.9 Å². The van der Waals surface area contributed by atoms with Crippen LogP contribution < -0.4 is 11.4 Å². The zero-order valence-corrected chi connectivity index (χ0v) is 40.2. The fraction of sp³-hybridized carbons (Fsp3) is 0.750. The van der Waals surface area contributed by atoms with Crippen molar-refractivity contribution in [3.63, 3.8) is 0 Å². The molecule has 0 bridgehead atoms. The van der Waals surface area contributed by atoms with E-state index >= 15 is 0 Å². The molecule has 0 aromatic carbocycles. The number of esters is 2. The first kappa shape index (κ1) is 58.0. The van der Waals surface area contributed by atoms with Crippen LogP contribution in [0.3, 0.4) is 0 Å². The molecule has 0 saturated carbocycles. The summed E-state index contributed by atoms with van der Waals surface area (Å²) >= 11 is 0. The Labute approximate surface area is 383 Å². The smallest absolute Gasteiger partial charge is 0.462 e. The number of allylic oxidation sites excluding steroid dienone is 4. The topological polar surface area (TPSA) is 283 Å². The zero-order valence-electron chi connectivity index (χ0n) is 38.5. The minimum Gasteiger partial charge on any atom is -0.462 e. The van der Waals surface area contributed by atoms with Gasteiger partial charge < -0.3 is 39.9 Å². The molecule has 372 valence electrons. The summed E-state index contributed by atoms with van der Waals surface area (Å²) in [6, 6.07) is 1.24. The van der Waals surface area contributed by atoms with Crippen LogP contribution in [0.4, 0.5) is 5.82 Å². The highest BCUT2D eigenvalue weighted by Gasteiger charge is 2.46. The van der Waals surface area contributed by atoms with Crippen molar-refractivity contribution in [2.45, 2.75) is 186 Å². The van der Waals surface area contributed by atoms with E-state index in [4.69, 9.17) is 29.0 Å². The number of unbranched alkanes of at least 4 members (excludes halogenated alkanes) is 14. The summed E-state index contributed by atoms with van der Waals surface area (Å²) in [4.78, 5) is 73.4. The first-order valence-electron chi connectivity index (χ1n) is 23.2. The SMILES string of the molecule is CCCCCC(=O)/C=C/C=C\CCCCCCCC(=O)OC[C@H](COP(=O)(O)OP(=O)(O)OC[C@H]1O[C@@H](n2ccc(N)nc2=O)[C@H](O)[C@@H]1O)OC(=O)CCCCCCCCCCC(C)C. The van der Waals surface area contributed by atoms with E-state index in [2.05, 4.69) is 30.1 Å². The molecule has 2 rings (SSSR count). The Hall–Kier alpha value is -3.09. The normalized spacial score (nSPS) is 20.0. The number of phosphoric ester groups is 2. The zero-order chi connectivity index (χ0) is 48.1. The van der Waals surface area contributed by atoms with Crippen molar-refractivity contribution in [1.29, 1.82) is 0 Å². The Morgan fingerprint density at radius 2 is 1.42 bits per heavy atom. The van der Waals surface area contributed by atoms with Gasteiger partial charge >= 0.3 is 33.3 Å². The maximum atomic E-state index is 12.8. The second-order valence-electron chi connectivity index (χ2n) is 16.8. The molecule has 1 fully saturated rings. The summed E-state index contributed by atoms with van der Waals surface area (Å²) in [5.74, 6) is -0.526. The van der Waals surface area contributed by atoms with E-state index < -0.39 is 83.7 Å². The van der Waals surface area contributed by atoms with Gasteiger partial charge in [-0.2, -0.15) is 9.29 Å². The number of phosphoric acid groups is 2. The Balaban J connectivity index is 1.84. The third-order valence-electron chi connectivity index (χ3n) is 10.4. The monoisotopic (exact) mass is 963 g/mol. The average molecular weight is 964 g/mol. The van der Waals surface area contributed by atoms with Crippen LogP contribution in [0.15, 0.2) is 41.4 Å². The second-order valence-corrected chi connectivity index (χ2v) is 19.8. The lowest BCUT2D eigenvalue weighted by Crippen LogP contribution is -2.36. The fourth-order valence-electron chi connectivity index (χ4n) is 6.77. The molecule has 65 heavy (non-hydrogen) atoms. The Kier molecular flexibility index (Phi) is 29.1. The molecule has 0 spiro atoms. The van der Waals surface area contributed by atoms with Crippen LogP contribution in [0.1, 0.15) is 162 Å². The van der Waals surface area contributed by atoms with Gasteiger partial charge in [-0.15, -0.1) is 0 Å². The average Bonchev–Trinajstić information content (AvgIpc) is 3.52. The predicted molar refractivity (Wildman–Crippen MR) is 243 cm³/mol. The van der Waals surface area contributed by atoms with Gasteiger partial charge in [-0.3, -0.25) is 28.0 Å². The number of aliphatic hydroxyl groups excluding tert-OH is 2. The van der Waals surface area contributed by atoms with Crippen molar-refractivity contribution in [3.8, 4) is 0 Å². The molecular formula is C44H75N3O16P2. The molecule has 1 aliphatic heterocycles. The lowest BCUT2D eigenvalue weighted by molar-refractivity contribution is -0.161. The van der Waals surface area contributed by atoms with Gasteiger partial charge in [0, 0.05) is 25.5 Å². The minimum absolute atomic E-state index is 0.0330. The maximum absolute atomic E-state index is 12.8. The van der Waals surface area contributed by atoms with Crippen LogP contribution >= 0.6 is 15.6 Å². The van der Waals surface area contributed by atoms with Crippen molar-refractivity contribution in [3.05, 3.63) is 47.1 Å². The quantitative estimate of drug-likeness (QED) is 0.0140. The van der Waals surface area contributed by atoms with E-state index in [1.807, 2.05) is 12.2 Å². The van der Waals surface area contributed by atoms with Gasteiger partial charge in [0.05, 0.1) is 13.2 Å². The van der Waals surface area contributed by atoms with E-state index in [0.717, 1.165) is 87.8 Å². The maximum Gasteiger partial charge on any atom is 0.481 e. The number of anilines is 1. The number of rotatable bonds is 37. The largest absolute Gasteiger partial charge is 0.481 e. The molecule has 21 heteroatoms. The van der Waals surface area contributed by atoms with E-state index in [-0.39, 0.29) is 24.4 Å². The molecule has 6 N–H and O–H groups in total.